The van der Waals surface area contributed by atoms with Gasteiger partial charge in [-0.3, -0.25) is 0 Å². The number of rotatable bonds is 7. The van der Waals surface area contributed by atoms with E-state index in [0.717, 1.165) is 69.3 Å². The van der Waals surface area contributed by atoms with Crippen molar-refractivity contribution >= 4 is 35.8 Å². The quantitative estimate of drug-likeness (QED) is 0.332. The largest absolute Gasteiger partial charge is 0.381 e. The van der Waals surface area contributed by atoms with Crippen LogP contribution in [-0.2, 0) is 16.0 Å². The lowest BCUT2D eigenvalue weighted by Gasteiger charge is -2.32. The van der Waals surface area contributed by atoms with Crippen molar-refractivity contribution in [3.05, 3.63) is 23.9 Å². The average molecular weight is 531 g/mol. The summed E-state index contributed by atoms with van der Waals surface area (Å²) in [4.78, 5) is 14.0. The molecule has 0 spiro atoms. The van der Waals surface area contributed by atoms with Gasteiger partial charge in [0.05, 0.1) is 19.3 Å². The molecule has 1 unspecified atom stereocenters. The molecule has 30 heavy (non-hydrogen) atoms. The summed E-state index contributed by atoms with van der Waals surface area (Å²) in [6, 6.07) is 4.24. The highest BCUT2D eigenvalue weighted by atomic mass is 127. The van der Waals surface area contributed by atoms with Crippen LogP contribution in [-0.4, -0.2) is 75.0 Å². The highest BCUT2D eigenvalue weighted by Gasteiger charge is 2.18. The molecule has 7 nitrogen and oxygen atoms in total. The second kappa shape index (κ2) is 13.3. The highest BCUT2D eigenvalue weighted by Crippen LogP contribution is 2.19. The first-order valence-electron chi connectivity index (χ1n) is 11.0. The molecule has 0 aromatic carbocycles. The number of pyridine rings is 1. The number of hydrogen-bond donors (Lipinski definition) is 1. The standard InChI is InChI=1S/C22H37N5O2.HI/c1-4-23-22(26(3)10-7-19-8-12-28-13-9-19)25-16-20-5-6-21(24-15-20)27-11-14-29-18(2)17-27;/h5-6,15,18-19H,4,7-14,16-17H2,1-3H3,(H,23,25);1H. The monoisotopic (exact) mass is 531 g/mol. The summed E-state index contributed by atoms with van der Waals surface area (Å²) in [6.45, 7) is 11.1. The molecule has 0 amide bonds. The normalized spacial score (nSPS) is 20.6. The summed E-state index contributed by atoms with van der Waals surface area (Å²) in [5.74, 6) is 2.76. The van der Waals surface area contributed by atoms with Gasteiger partial charge in [-0.2, -0.15) is 0 Å². The molecule has 2 saturated heterocycles. The topological polar surface area (TPSA) is 62.2 Å². The van der Waals surface area contributed by atoms with Crippen LogP contribution in [0.3, 0.4) is 0 Å². The molecule has 1 atom stereocenters. The summed E-state index contributed by atoms with van der Waals surface area (Å²) >= 11 is 0. The van der Waals surface area contributed by atoms with Crippen molar-refractivity contribution in [2.24, 2.45) is 10.9 Å². The lowest BCUT2D eigenvalue weighted by atomic mass is 9.96. The van der Waals surface area contributed by atoms with Crippen LogP contribution in [0.2, 0.25) is 0 Å². The number of nitrogens with one attached hydrogen (secondary N) is 1. The molecule has 0 saturated carbocycles. The van der Waals surface area contributed by atoms with E-state index >= 15 is 0 Å². The second-order valence-electron chi connectivity index (χ2n) is 8.09. The third-order valence-corrected chi connectivity index (χ3v) is 5.70. The second-order valence-corrected chi connectivity index (χ2v) is 8.09. The SMILES string of the molecule is CCNC(=NCc1ccc(N2CCOC(C)C2)nc1)N(C)CCC1CCOCC1.I. The molecule has 0 radical (unpaired) electrons. The zero-order valence-corrected chi connectivity index (χ0v) is 21.0. The van der Waals surface area contributed by atoms with Gasteiger partial charge in [0.25, 0.3) is 0 Å². The molecule has 8 heteroatoms. The zero-order valence-electron chi connectivity index (χ0n) is 18.7. The molecule has 170 valence electrons. The number of morpholine rings is 1. The van der Waals surface area contributed by atoms with Gasteiger partial charge in [0.1, 0.15) is 5.82 Å². The van der Waals surface area contributed by atoms with E-state index in [-0.39, 0.29) is 30.1 Å². The predicted octanol–water partition coefficient (Wildman–Crippen LogP) is 3.14. The molecule has 1 aromatic rings. The maximum atomic E-state index is 5.62. The van der Waals surface area contributed by atoms with E-state index in [1.165, 1.54) is 19.3 Å². The Balaban J connectivity index is 0.00000320. The minimum atomic E-state index is 0. The number of aromatic nitrogens is 1. The first kappa shape index (κ1) is 25.1. The van der Waals surface area contributed by atoms with E-state index in [9.17, 15) is 0 Å². The third-order valence-electron chi connectivity index (χ3n) is 5.70. The Kier molecular flexibility index (Phi) is 11.2. The number of guanidine groups is 1. The van der Waals surface area contributed by atoms with Crippen molar-refractivity contribution in [2.75, 3.05) is 57.9 Å². The van der Waals surface area contributed by atoms with E-state index in [1.807, 2.05) is 6.20 Å². The molecule has 2 fully saturated rings. The summed E-state index contributed by atoms with van der Waals surface area (Å²) in [5, 5.41) is 3.42. The molecule has 1 N–H and O–H groups in total. The molecule has 1 aromatic heterocycles. The summed E-state index contributed by atoms with van der Waals surface area (Å²) in [5.41, 5.74) is 1.13. The van der Waals surface area contributed by atoms with Crippen molar-refractivity contribution in [3.8, 4) is 0 Å². The van der Waals surface area contributed by atoms with Crippen molar-refractivity contribution in [1.82, 2.24) is 15.2 Å². The van der Waals surface area contributed by atoms with Crippen LogP contribution >= 0.6 is 24.0 Å². The van der Waals surface area contributed by atoms with Crippen molar-refractivity contribution in [3.63, 3.8) is 0 Å². The highest BCUT2D eigenvalue weighted by molar-refractivity contribution is 14.0. The molecule has 0 bridgehead atoms. The van der Waals surface area contributed by atoms with Gasteiger partial charge in [-0.1, -0.05) is 6.07 Å². The average Bonchev–Trinajstić information content (AvgIpc) is 2.76. The minimum Gasteiger partial charge on any atom is -0.381 e. The molecular formula is C22H38IN5O2. The lowest BCUT2D eigenvalue weighted by Crippen LogP contribution is -2.41. The number of nitrogens with zero attached hydrogens (tertiary/aromatic N) is 4. The zero-order chi connectivity index (χ0) is 20.5. The van der Waals surface area contributed by atoms with E-state index in [4.69, 9.17) is 14.5 Å². The third kappa shape index (κ3) is 7.85. The molecule has 3 heterocycles. The summed E-state index contributed by atoms with van der Waals surface area (Å²) in [6.07, 6.45) is 5.76. The number of ether oxygens (including phenoxy) is 2. The predicted molar refractivity (Wildman–Crippen MR) is 133 cm³/mol. The van der Waals surface area contributed by atoms with Gasteiger partial charge in [0.2, 0.25) is 0 Å². The van der Waals surface area contributed by atoms with Crippen LogP contribution in [0, 0.1) is 5.92 Å². The molecule has 2 aliphatic heterocycles. The van der Waals surface area contributed by atoms with E-state index in [1.54, 1.807) is 0 Å². The van der Waals surface area contributed by atoms with Crippen LogP contribution in [0.1, 0.15) is 38.7 Å². The summed E-state index contributed by atoms with van der Waals surface area (Å²) in [7, 11) is 2.13. The fraction of sp³-hybridized carbons (Fsp3) is 0.727. The van der Waals surface area contributed by atoms with E-state index < -0.39 is 0 Å². The Morgan fingerprint density at radius 2 is 2.10 bits per heavy atom. The maximum Gasteiger partial charge on any atom is 0.193 e. The smallest absolute Gasteiger partial charge is 0.193 e. The first-order valence-corrected chi connectivity index (χ1v) is 11.0. The Morgan fingerprint density at radius 3 is 2.77 bits per heavy atom. The van der Waals surface area contributed by atoms with Crippen LogP contribution in [0.25, 0.3) is 0 Å². The number of aliphatic imine (C=N–C) groups is 1. The van der Waals surface area contributed by atoms with Crippen molar-refractivity contribution < 1.29 is 9.47 Å². The Hall–Kier alpha value is -1.13. The Morgan fingerprint density at radius 1 is 1.30 bits per heavy atom. The van der Waals surface area contributed by atoms with E-state index in [0.29, 0.717) is 6.54 Å². The molecule has 3 rings (SSSR count). The van der Waals surface area contributed by atoms with Gasteiger partial charge in [-0.15, -0.1) is 24.0 Å². The van der Waals surface area contributed by atoms with Gasteiger partial charge in [0.15, 0.2) is 5.96 Å². The molecular weight excluding hydrogens is 493 g/mol. The number of hydrogen-bond acceptors (Lipinski definition) is 5. The Bertz CT molecular complexity index is 637. The summed E-state index contributed by atoms with van der Waals surface area (Å²) < 4.78 is 11.1. The van der Waals surface area contributed by atoms with Crippen LogP contribution in [0.4, 0.5) is 5.82 Å². The van der Waals surface area contributed by atoms with Gasteiger partial charge >= 0.3 is 0 Å². The minimum absolute atomic E-state index is 0. The fourth-order valence-corrected chi connectivity index (χ4v) is 3.88. The van der Waals surface area contributed by atoms with Crippen molar-refractivity contribution in [2.45, 2.75) is 45.8 Å². The molecule has 0 aliphatic carbocycles. The van der Waals surface area contributed by atoms with Gasteiger partial charge in [0, 0.05) is 52.6 Å². The van der Waals surface area contributed by atoms with Gasteiger partial charge in [-0.25, -0.2) is 9.98 Å². The van der Waals surface area contributed by atoms with Gasteiger partial charge < -0.3 is 24.6 Å². The van der Waals surface area contributed by atoms with Crippen molar-refractivity contribution in [1.29, 1.82) is 0 Å². The fourth-order valence-electron chi connectivity index (χ4n) is 3.88. The number of halogens is 1. The van der Waals surface area contributed by atoms with Crippen LogP contribution in [0.15, 0.2) is 23.3 Å². The first-order chi connectivity index (χ1) is 14.2. The molecule has 2 aliphatic rings. The van der Waals surface area contributed by atoms with Crippen LogP contribution < -0.4 is 10.2 Å². The maximum absolute atomic E-state index is 5.62. The lowest BCUT2D eigenvalue weighted by molar-refractivity contribution is 0.0529. The van der Waals surface area contributed by atoms with E-state index in [2.05, 4.69) is 53.1 Å². The Labute approximate surface area is 198 Å². The van der Waals surface area contributed by atoms with Crippen LogP contribution in [0.5, 0.6) is 0 Å². The number of anilines is 1. The van der Waals surface area contributed by atoms with Gasteiger partial charge in [-0.05, 0) is 50.7 Å².